The summed E-state index contributed by atoms with van der Waals surface area (Å²) in [6.45, 7) is 1.79. The van der Waals surface area contributed by atoms with Crippen molar-refractivity contribution in [3.8, 4) is 0 Å². The number of aliphatic carboxylic acids is 1. The number of carbonyl (C=O) groups excluding carboxylic acids is 1. The Morgan fingerprint density at radius 2 is 2.00 bits per heavy atom. The molecule has 7 nitrogen and oxygen atoms in total. The van der Waals surface area contributed by atoms with Crippen LogP contribution in [-0.2, 0) is 4.79 Å². The van der Waals surface area contributed by atoms with E-state index in [1.807, 2.05) is 0 Å². The third kappa shape index (κ3) is 3.74. The van der Waals surface area contributed by atoms with Gasteiger partial charge in [0.05, 0.1) is 6.04 Å². The van der Waals surface area contributed by atoms with E-state index in [9.17, 15) is 14.7 Å². The van der Waals surface area contributed by atoms with Gasteiger partial charge in [-0.3, -0.25) is 0 Å². The van der Waals surface area contributed by atoms with Crippen molar-refractivity contribution in [1.29, 1.82) is 0 Å². The van der Waals surface area contributed by atoms with Gasteiger partial charge in [0.25, 0.3) is 0 Å². The number of amides is 2. The van der Waals surface area contributed by atoms with Gasteiger partial charge in [-0.1, -0.05) is 25.7 Å². The molecule has 116 valence electrons. The topological polar surface area (TPSA) is 107 Å². The van der Waals surface area contributed by atoms with Gasteiger partial charge in [0.1, 0.15) is 11.4 Å². The van der Waals surface area contributed by atoms with Crippen LogP contribution in [0, 0.1) is 0 Å². The average molecular weight is 294 g/mol. The zero-order valence-electron chi connectivity index (χ0n) is 12.2. The summed E-state index contributed by atoms with van der Waals surface area (Å²) in [4.78, 5) is 30.7. The Bertz CT molecular complexity index is 478. The highest BCUT2D eigenvalue weighted by Gasteiger charge is 2.40. The number of carboxylic acid groups (broad SMARTS) is 1. The normalized spacial score (nSPS) is 19.3. The highest BCUT2D eigenvalue weighted by atomic mass is 16.4. The molecular formula is C14H22N4O3. The Balaban J connectivity index is 1.99. The van der Waals surface area contributed by atoms with Gasteiger partial charge >= 0.3 is 12.0 Å². The third-order valence-electron chi connectivity index (χ3n) is 4.00. The molecule has 1 aliphatic rings. The number of carboxylic acids is 1. The number of H-pyrrole nitrogens is 1. The number of nitrogens with zero attached hydrogens (tertiary/aromatic N) is 1. The second kappa shape index (κ2) is 6.60. The summed E-state index contributed by atoms with van der Waals surface area (Å²) >= 11 is 0. The Kier molecular flexibility index (Phi) is 4.82. The lowest BCUT2D eigenvalue weighted by atomic mass is 9.90. The fourth-order valence-electron chi connectivity index (χ4n) is 2.76. The van der Waals surface area contributed by atoms with Gasteiger partial charge in [-0.2, -0.15) is 0 Å². The zero-order chi connectivity index (χ0) is 15.3. The predicted octanol–water partition coefficient (Wildman–Crippen LogP) is 1.95. The van der Waals surface area contributed by atoms with Crippen LogP contribution in [0.2, 0.25) is 0 Å². The number of carbonyl (C=O) groups is 2. The lowest BCUT2D eigenvalue weighted by Gasteiger charge is -2.29. The molecule has 0 saturated heterocycles. The van der Waals surface area contributed by atoms with Crippen molar-refractivity contribution in [2.45, 2.75) is 57.0 Å². The molecule has 0 radical (unpaired) electrons. The molecule has 2 rings (SSSR count). The molecule has 4 N–H and O–H groups in total. The number of hydrogen-bond donors (Lipinski definition) is 4. The van der Waals surface area contributed by atoms with Gasteiger partial charge in [-0.15, -0.1) is 0 Å². The van der Waals surface area contributed by atoms with Gasteiger partial charge in [-0.25, -0.2) is 14.6 Å². The van der Waals surface area contributed by atoms with Crippen molar-refractivity contribution < 1.29 is 14.7 Å². The van der Waals surface area contributed by atoms with Crippen LogP contribution < -0.4 is 10.6 Å². The van der Waals surface area contributed by atoms with E-state index in [1.165, 1.54) is 0 Å². The molecule has 1 aromatic heterocycles. The van der Waals surface area contributed by atoms with Crippen molar-refractivity contribution in [3.63, 3.8) is 0 Å². The van der Waals surface area contributed by atoms with Crippen LogP contribution in [0.5, 0.6) is 0 Å². The first kappa shape index (κ1) is 15.3. The van der Waals surface area contributed by atoms with E-state index in [0.717, 1.165) is 25.7 Å². The lowest BCUT2D eigenvalue weighted by molar-refractivity contribution is -0.145. The fourth-order valence-corrected chi connectivity index (χ4v) is 2.76. The lowest BCUT2D eigenvalue weighted by Crippen LogP contribution is -2.57. The third-order valence-corrected chi connectivity index (χ3v) is 4.00. The van der Waals surface area contributed by atoms with Crippen LogP contribution in [0.25, 0.3) is 0 Å². The van der Waals surface area contributed by atoms with Crippen molar-refractivity contribution in [1.82, 2.24) is 20.6 Å². The van der Waals surface area contributed by atoms with E-state index < -0.39 is 17.5 Å². The number of rotatable bonds is 4. The fraction of sp³-hybridized carbons (Fsp3) is 0.643. The highest BCUT2D eigenvalue weighted by Crippen LogP contribution is 2.27. The van der Waals surface area contributed by atoms with Crippen molar-refractivity contribution >= 4 is 12.0 Å². The number of nitrogens with one attached hydrogen (secondary N) is 3. The molecule has 1 fully saturated rings. The van der Waals surface area contributed by atoms with Crippen LogP contribution >= 0.6 is 0 Å². The van der Waals surface area contributed by atoms with E-state index in [4.69, 9.17) is 0 Å². The Morgan fingerprint density at radius 3 is 2.52 bits per heavy atom. The smallest absolute Gasteiger partial charge is 0.329 e. The van der Waals surface area contributed by atoms with Crippen LogP contribution in [0.4, 0.5) is 4.79 Å². The van der Waals surface area contributed by atoms with Crippen LogP contribution in [0.15, 0.2) is 12.4 Å². The maximum atomic E-state index is 12.1. The predicted molar refractivity (Wildman–Crippen MR) is 76.7 cm³/mol. The van der Waals surface area contributed by atoms with E-state index in [0.29, 0.717) is 18.7 Å². The maximum Gasteiger partial charge on any atom is 0.329 e. The summed E-state index contributed by atoms with van der Waals surface area (Å²) in [5.41, 5.74) is -1.15. The molecule has 1 unspecified atom stereocenters. The highest BCUT2D eigenvalue weighted by molar-refractivity contribution is 5.86. The minimum atomic E-state index is -1.15. The number of imidazole rings is 1. The minimum absolute atomic E-state index is 0.309. The van der Waals surface area contributed by atoms with Gasteiger partial charge < -0.3 is 20.7 Å². The van der Waals surface area contributed by atoms with Crippen molar-refractivity contribution in [3.05, 3.63) is 18.2 Å². The minimum Gasteiger partial charge on any atom is -0.480 e. The number of aromatic nitrogens is 2. The van der Waals surface area contributed by atoms with Gasteiger partial charge in [-0.05, 0) is 19.8 Å². The zero-order valence-corrected chi connectivity index (χ0v) is 12.2. The maximum absolute atomic E-state index is 12.1. The van der Waals surface area contributed by atoms with Crippen molar-refractivity contribution in [2.75, 3.05) is 0 Å². The molecule has 1 atom stereocenters. The van der Waals surface area contributed by atoms with Gasteiger partial charge in [0.15, 0.2) is 0 Å². The monoisotopic (exact) mass is 294 g/mol. The molecule has 1 aliphatic carbocycles. The standard InChI is InChI=1S/C14H22N4O3/c1-10(11-15-8-9-16-11)17-13(21)18-14(12(19)20)6-4-2-3-5-7-14/h8-10H,2-7H2,1H3,(H,15,16)(H,19,20)(H2,17,18,21). The Hall–Kier alpha value is -2.05. The number of urea groups is 1. The summed E-state index contributed by atoms with van der Waals surface area (Å²) in [5.74, 6) is -0.319. The molecule has 0 spiro atoms. The van der Waals surface area contributed by atoms with Crippen molar-refractivity contribution in [2.24, 2.45) is 0 Å². The molecule has 1 heterocycles. The van der Waals surface area contributed by atoms with E-state index in [2.05, 4.69) is 20.6 Å². The van der Waals surface area contributed by atoms with E-state index >= 15 is 0 Å². The van der Waals surface area contributed by atoms with Gasteiger partial charge in [0, 0.05) is 12.4 Å². The molecule has 0 aromatic carbocycles. The largest absolute Gasteiger partial charge is 0.480 e. The van der Waals surface area contributed by atoms with Crippen LogP contribution in [0.1, 0.15) is 57.3 Å². The summed E-state index contributed by atoms with van der Waals surface area (Å²) in [7, 11) is 0. The van der Waals surface area contributed by atoms with Crippen LogP contribution in [-0.4, -0.2) is 32.6 Å². The molecule has 2 amide bonds. The molecule has 1 aromatic rings. The van der Waals surface area contributed by atoms with E-state index in [1.54, 1.807) is 19.3 Å². The van der Waals surface area contributed by atoms with Gasteiger partial charge in [0.2, 0.25) is 0 Å². The van der Waals surface area contributed by atoms with Crippen LogP contribution in [0.3, 0.4) is 0 Å². The molecule has 21 heavy (non-hydrogen) atoms. The first-order valence-electron chi connectivity index (χ1n) is 7.35. The summed E-state index contributed by atoms with van der Waals surface area (Å²) < 4.78 is 0. The Labute approximate surface area is 123 Å². The molecule has 1 saturated carbocycles. The summed E-state index contributed by atoms with van der Waals surface area (Å²) in [6, 6.07) is -0.778. The molecule has 0 aliphatic heterocycles. The second-order valence-corrected chi connectivity index (χ2v) is 5.60. The number of hydrogen-bond acceptors (Lipinski definition) is 3. The average Bonchev–Trinajstić information content (AvgIpc) is 2.86. The van der Waals surface area contributed by atoms with E-state index in [-0.39, 0.29) is 6.04 Å². The SMILES string of the molecule is CC(NC(=O)NC1(C(=O)O)CCCCCC1)c1ncc[nH]1. The Morgan fingerprint density at radius 1 is 1.33 bits per heavy atom. The molecule has 7 heteroatoms. The first-order valence-corrected chi connectivity index (χ1v) is 7.35. The molecular weight excluding hydrogens is 272 g/mol. The summed E-state index contributed by atoms with van der Waals surface area (Å²) in [6.07, 6.45) is 7.91. The quantitative estimate of drug-likeness (QED) is 0.636. The number of aromatic amines is 1. The molecule has 0 bridgehead atoms. The first-order chi connectivity index (χ1) is 10.0. The second-order valence-electron chi connectivity index (χ2n) is 5.60. The summed E-state index contributed by atoms with van der Waals surface area (Å²) in [5, 5.41) is 14.9.